The predicted molar refractivity (Wildman–Crippen MR) is 79.1 cm³/mol. The molecule has 3 aromatic rings. The molecule has 5 nitrogen and oxygen atoms in total. The second-order valence-corrected chi connectivity index (χ2v) is 4.88. The van der Waals surface area contributed by atoms with E-state index in [4.69, 9.17) is 4.74 Å². The molecular weight excluding hydrogens is 274 g/mol. The number of fused-ring (bicyclic) bond motifs is 1. The predicted octanol–water partition coefficient (Wildman–Crippen LogP) is 2.33. The Balaban J connectivity index is 2.11. The number of thiazole rings is 1. The number of ether oxygens (including phenoxy) is 1. The van der Waals surface area contributed by atoms with Crippen molar-refractivity contribution in [3.8, 4) is 5.75 Å². The van der Waals surface area contributed by atoms with Gasteiger partial charge in [-0.1, -0.05) is 12.1 Å². The third-order valence-electron chi connectivity index (χ3n) is 2.77. The van der Waals surface area contributed by atoms with Crippen LogP contribution in [0.2, 0.25) is 0 Å². The number of rotatable bonds is 3. The first kappa shape index (κ1) is 12.6. The molecule has 0 atom stereocenters. The van der Waals surface area contributed by atoms with Gasteiger partial charge in [0, 0.05) is 24.0 Å². The van der Waals surface area contributed by atoms with Gasteiger partial charge < -0.3 is 4.74 Å². The molecule has 0 N–H and O–H groups in total. The van der Waals surface area contributed by atoms with Crippen LogP contribution < -0.4 is 10.3 Å². The van der Waals surface area contributed by atoms with E-state index in [-0.39, 0.29) is 11.3 Å². The highest BCUT2D eigenvalue weighted by molar-refractivity contribution is 7.15. The van der Waals surface area contributed by atoms with Crippen molar-refractivity contribution < 1.29 is 4.74 Å². The van der Waals surface area contributed by atoms with Crippen LogP contribution in [0.4, 0.5) is 0 Å². The molecule has 0 saturated carbocycles. The van der Waals surface area contributed by atoms with Gasteiger partial charge in [-0.05, 0) is 17.7 Å². The van der Waals surface area contributed by atoms with Crippen molar-refractivity contribution >= 4 is 28.4 Å². The fourth-order valence-electron chi connectivity index (χ4n) is 1.83. The summed E-state index contributed by atoms with van der Waals surface area (Å²) >= 11 is 1.41. The van der Waals surface area contributed by atoms with Crippen molar-refractivity contribution in [1.29, 1.82) is 0 Å². The molecule has 0 aliphatic rings. The van der Waals surface area contributed by atoms with Gasteiger partial charge in [-0.25, -0.2) is 4.98 Å². The molecule has 0 fully saturated rings. The first-order valence-electron chi connectivity index (χ1n) is 5.91. The smallest absolute Gasteiger partial charge is 0.301 e. The second-order valence-electron chi connectivity index (χ2n) is 4.01. The molecule has 3 heterocycles. The van der Waals surface area contributed by atoms with Crippen molar-refractivity contribution in [2.75, 3.05) is 7.11 Å². The summed E-state index contributed by atoms with van der Waals surface area (Å²) in [6.07, 6.45) is 8.74. The molecule has 0 amide bonds. The van der Waals surface area contributed by atoms with Crippen molar-refractivity contribution in [3.63, 3.8) is 0 Å². The van der Waals surface area contributed by atoms with Crippen LogP contribution in [-0.2, 0) is 0 Å². The highest BCUT2D eigenvalue weighted by Crippen LogP contribution is 2.17. The van der Waals surface area contributed by atoms with Gasteiger partial charge in [0.15, 0.2) is 4.96 Å². The number of hydrogen-bond donors (Lipinski definition) is 0. The summed E-state index contributed by atoms with van der Waals surface area (Å²) in [5.74, 6) is 0.237. The van der Waals surface area contributed by atoms with Gasteiger partial charge in [0.2, 0.25) is 5.75 Å². The molecule has 0 aromatic carbocycles. The zero-order chi connectivity index (χ0) is 13.9. The number of pyridine rings is 1. The Bertz CT molecular complexity index is 821. The number of hydrogen-bond acceptors (Lipinski definition) is 5. The van der Waals surface area contributed by atoms with Crippen LogP contribution in [0.15, 0.2) is 40.9 Å². The van der Waals surface area contributed by atoms with E-state index in [0.29, 0.717) is 10.7 Å². The van der Waals surface area contributed by atoms with Gasteiger partial charge in [-0.3, -0.25) is 14.2 Å². The lowest BCUT2D eigenvalue weighted by Gasteiger charge is -2.03. The first-order valence-corrected chi connectivity index (χ1v) is 6.79. The van der Waals surface area contributed by atoms with Gasteiger partial charge in [0.25, 0.3) is 0 Å². The normalized spacial score (nSPS) is 11.2. The van der Waals surface area contributed by atoms with E-state index in [2.05, 4.69) is 9.97 Å². The molecule has 3 rings (SSSR count). The summed E-state index contributed by atoms with van der Waals surface area (Å²) in [7, 11) is 1.47. The Hall–Kier alpha value is -2.47. The van der Waals surface area contributed by atoms with Crippen molar-refractivity contribution in [2.45, 2.75) is 0 Å². The van der Waals surface area contributed by atoms with E-state index in [1.165, 1.54) is 22.8 Å². The Kier molecular flexibility index (Phi) is 3.30. The highest BCUT2D eigenvalue weighted by Gasteiger charge is 2.11. The lowest BCUT2D eigenvalue weighted by atomic mass is 10.2. The van der Waals surface area contributed by atoms with Crippen LogP contribution in [0.5, 0.6) is 5.75 Å². The van der Waals surface area contributed by atoms with Crippen molar-refractivity contribution in [2.24, 2.45) is 0 Å². The number of aromatic nitrogens is 3. The summed E-state index contributed by atoms with van der Waals surface area (Å²) in [6, 6.07) is 3.77. The SMILES string of the molecule is COc1c(/C=C/c2cccnc2)nc2sccn2c1=O. The highest BCUT2D eigenvalue weighted by atomic mass is 32.1. The maximum absolute atomic E-state index is 12.2. The average molecular weight is 285 g/mol. The molecule has 0 aliphatic heterocycles. The van der Waals surface area contributed by atoms with Gasteiger partial charge >= 0.3 is 5.56 Å². The maximum Gasteiger partial charge on any atom is 0.301 e. The van der Waals surface area contributed by atoms with E-state index < -0.39 is 0 Å². The molecular formula is C14H11N3O2S. The second kappa shape index (κ2) is 5.26. The number of nitrogens with zero attached hydrogens (tertiary/aromatic N) is 3. The monoisotopic (exact) mass is 285 g/mol. The van der Waals surface area contributed by atoms with Crippen LogP contribution in [-0.4, -0.2) is 21.5 Å². The minimum absolute atomic E-state index is 0.204. The minimum atomic E-state index is -0.204. The third kappa shape index (κ3) is 2.21. The van der Waals surface area contributed by atoms with Crippen molar-refractivity contribution in [1.82, 2.24) is 14.4 Å². The summed E-state index contributed by atoms with van der Waals surface area (Å²) in [5.41, 5.74) is 1.25. The summed E-state index contributed by atoms with van der Waals surface area (Å²) < 4.78 is 6.66. The third-order valence-corrected chi connectivity index (χ3v) is 3.53. The molecule has 3 aromatic heterocycles. The fourth-order valence-corrected chi connectivity index (χ4v) is 2.55. The zero-order valence-corrected chi connectivity index (χ0v) is 11.5. The summed E-state index contributed by atoms with van der Waals surface area (Å²) in [4.78, 5) is 21.3. The largest absolute Gasteiger partial charge is 0.490 e. The van der Waals surface area contributed by atoms with E-state index >= 15 is 0 Å². The molecule has 0 spiro atoms. The van der Waals surface area contributed by atoms with Crippen LogP contribution in [0.3, 0.4) is 0 Å². The Morgan fingerprint density at radius 1 is 1.40 bits per heavy atom. The first-order chi connectivity index (χ1) is 9.79. The minimum Gasteiger partial charge on any atom is -0.490 e. The lowest BCUT2D eigenvalue weighted by molar-refractivity contribution is 0.404. The lowest BCUT2D eigenvalue weighted by Crippen LogP contribution is -2.16. The van der Waals surface area contributed by atoms with Crippen LogP contribution in [0.25, 0.3) is 17.1 Å². The standard InChI is InChI=1S/C14H11N3O2S/c1-19-12-11(5-4-10-3-2-6-15-9-10)16-14-17(13(12)18)7-8-20-14/h2-9H,1H3/b5-4+. The quantitative estimate of drug-likeness (QED) is 0.741. The fraction of sp³-hybridized carbons (Fsp3) is 0.0714. The van der Waals surface area contributed by atoms with Gasteiger partial charge in [0.1, 0.15) is 5.69 Å². The van der Waals surface area contributed by atoms with E-state index in [0.717, 1.165) is 5.56 Å². The Morgan fingerprint density at radius 3 is 3.05 bits per heavy atom. The molecule has 0 unspecified atom stereocenters. The van der Waals surface area contributed by atoms with Crippen molar-refractivity contribution in [3.05, 3.63) is 57.7 Å². The van der Waals surface area contributed by atoms with Crippen LogP contribution >= 0.6 is 11.3 Å². The average Bonchev–Trinajstić information content (AvgIpc) is 2.95. The van der Waals surface area contributed by atoms with E-state index in [9.17, 15) is 4.79 Å². The molecule has 0 bridgehead atoms. The molecule has 6 heteroatoms. The van der Waals surface area contributed by atoms with E-state index in [1.807, 2.05) is 23.6 Å². The molecule has 0 radical (unpaired) electrons. The van der Waals surface area contributed by atoms with Gasteiger partial charge in [0.05, 0.1) is 7.11 Å². The topological polar surface area (TPSA) is 56.5 Å². The Labute approximate surface area is 118 Å². The molecule has 0 aliphatic carbocycles. The van der Waals surface area contributed by atoms with E-state index in [1.54, 1.807) is 24.7 Å². The summed E-state index contributed by atoms with van der Waals surface area (Å²) in [6.45, 7) is 0. The van der Waals surface area contributed by atoms with Gasteiger partial charge in [-0.2, -0.15) is 0 Å². The molecule has 100 valence electrons. The number of methoxy groups -OCH3 is 1. The maximum atomic E-state index is 12.2. The zero-order valence-electron chi connectivity index (χ0n) is 10.7. The molecule has 20 heavy (non-hydrogen) atoms. The molecule has 0 saturated heterocycles. The van der Waals surface area contributed by atoms with Gasteiger partial charge in [-0.15, -0.1) is 11.3 Å². The summed E-state index contributed by atoms with van der Waals surface area (Å²) in [5, 5.41) is 1.82. The van der Waals surface area contributed by atoms with Crippen LogP contribution in [0.1, 0.15) is 11.3 Å². The van der Waals surface area contributed by atoms with Crippen LogP contribution in [0, 0.1) is 0 Å². The Morgan fingerprint density at radius 2 is 2.30 bits per heavy atom.